The van der Waals surface area contributed by atoms with Crippen molar-refractivity contribution in [1.82, 2.24) is 19.4 Å². The van der Waals surface area contributed by atoms with Gasteiger partial charge in [-0.05, 0) is 23.1 Å². The molecule has 0 aliphatic rings. The number of benzene rings is 1. The minimum atomic E-state index is -3.63. The Morgan fingerprint density at radius 2 is 1.85 bits per heavy atom. The number of nitrogens with zero attached hydrogens (tertiary/aromatic N) is 3. The molecule has 1 heterocycles. The third-order valence-corrected chi connectivity index (χ3v) is 5.74. The Bertz CT molecular complexity index is 880. The van der Waals surface area contributed by atoms with Crippen LogP contribution < -0.4 is 4.72 Å². The van der Waals surface area contributed by atoms with Crippen molar-refractivity contribution < 1.29 is 13.2 Å². The van der Waals surface area contributed by atoms with Gasteiger partial charge in [-0.1, -0.05) is 32.9 Å². The van der Waals surface area contributed by atoms with Crippen molar-refractivity contribution in [3.63, 3.8) is 0 Å². The van der Waals surface area contributed by atoms with Gasteiger partial charge in [-0.3, -0.25) is 9.48 Å². The van der Waals surface area contributed by atoms with E-state index in [-0.39, 0.29) is 29.2 Å². The highest BCUT2D eigenvalue weighted by Crippen LogP contribution is 2.23. The maximum atomic E-state index is 12.4. The molecule has 7 nitrogen and oxygen atoms in total. The summed E-state index contributed by atoms with van der Waals surface area (Å²) in [6.45, 7) is 6.71. The highest BCUT2D eigenvalue weighted by Gasteiger charge is 2.18. The molecule has 0 spiro atoms. The lowest BCUT2D eigenvalue weighted by atomic mass is 9.87. The lowest BCUT2D eigenvalue weighted by Gasteiger charge is -2.19. The van der Waals surface area contributed by atoms with E-state index in [0.717, 1.165) is 11.1 Å². The maximum Gasteiger partial charge on any atom is 0.240 e. The Hall–Kier alpha value is -2.19. The van der Waals surface area contributed by atoms with Gasteiger partial charge in [-0.15, -0.1) is 0 Å². The number of carbonyl (C=O) groups is 1. The van der Waals surface area contributed by atoms with E-state index in [1.165, 1.54) is 0 Å². The Kier molecular flexibility index (Phi) is 6.43. The molecule has 0 radical (unpaired) electrons. The molecule has 1 aromatic carbocycles. The first-order valence-corrected chi connectivity index (χ1v) is 10.3. The molecule has 0 aliphatic heterocycles. The average molecular weight is 393 g/mol. The van der Waals surface area contributed by atoms with E-state index in [1.54, 1.807) is 35.0 Å². The Balaban J connectivity index is 1.88. The maximum absolute atomic E-state index is 12.4. The van der Waals surface area contributed by atoms with Crippen molar-refractivity contribution >= 4 is 15.9 Å². The largest absolute Gasteiger partial charge is 0.341 e. The number of nitrogens with one attached hydrogen (secondary N) is 1. The fourth-order valence-electron chi connectivity index (χ4n) is 2.62. The minimum absolute atomic E-state index is 0.0407. The Morgan fingerprint density at radius 1 is 1.22 bits per heavy atom. The van der Waals surface area contributed by atoms with Crippen LogP contribution in [-0.2, 0) is 33.8 Å². The summed E-state index contributed by atoms with van der Waals surface area (Å²) in [7, 11) is -0.130. The molecule has 0 saturated carbocycles. The van der Waals surface area contributed by atoms with Crippen LogP contribution in [0.3, 0.4) is 0 Å². The van der Waals surface area contributed by atoms with E-state index in [4.69, 9.17) is 0 Å². The molecule has 8 heteroatoms. The first-order chi connectivity index (χ1) is 12.5. The highest BCUT2D eigenvalue weighted by atomic mass is 32.2. The first kappa shape index (κ1) is 21.1. The number of aryl methyl sites for hydroxylation is 1. The molecule has 0 atom stereocenters. The van der Waals surface area contributed by atoms with Crippen molar-refractivity contribution in [2.45, 2.75) is 44.0 Å². The van der Waals surface area contributed by atoms with Crippen LogP contribution in [0.5, 0.6) is 0 Å². The van der Waals surface area contributed by atoms with Crippen LogP contribution in [-0.4, -0.2) is 42.6 Å². The smallest absolute Gasteiger partial charge is 0.240 e. The SMILES string of the molecule is CN(Cc1cnn(C)c1)C(=O)CCNS(=O)(=O)c1ccc(C(C)(C)C)cc1. The summed E-state index contributed by atoms with van der Waals surface area (Å²) < 4.78 is 29.0. The van der Waals surface area contributed by atoms with Crippen molar-refractivity contribution in [3.05, 3.63) is 47.8 Å². The third kappa shape index (κ3) is 5.90. The molecule has 0 aliphatic carbocycles. The van der Waals surface area contributed by atoms with Gasteiger partial charge in [0.15, 0.2) is 0 Å². The fourth-order valence-corrected chi connectivity index (χ4v) is 3.65. The van der Waals surface area contributed by atoms with Crippen LogP contribution in [0.25, 0.3) is 0 Å². The number of rotatable bonds is 7. The van der Waals surface area contributed by atoms with Crippen molar-refractivity contribution in [3.8, 4) is 0 Å². The number of aromatic nitrogens is 2. The molecule has 1 N–H and O–H groups in total. The monoisotopic (exact) mass is 392 g/mol. The first-order valence-electron chi connectivity index (χ1n) is 8.81. The molecule has 148 valence electrons. The number of sulfonamides is 1. The summed E-state index contributed by atoms with van der Waals surface area (Å²) in [5, 5.41) is 4.07. The highest BCUT2D eigenvalue weighted by molar-refractivity contribution is 7.89. The minimum Gasteiger partial charge on any atom is -0.341 e. The zero-order chi connectivity index (χ0) is 20.2. The Morgan fingerprint density at radius 3 is 2.37 bits per heavy atom. The average Bonchev–Trinajstić information content (AvgIpc) is 2.98. The Labute approximate surface area is 161 Å². The van der Waals surface area contributed by atoms with Crippen LogP contribution >= 0.6 is 0 Å². The van der Waals surface area contributed by atoms with Crippen molar-refractivity contribution in [2.75, 3.05) is 13.6 Å². The molecule has 0 bridgehead atoms. The van der Waals surface area contributed by atoms with Gasteiger partial charge in [0.05, 0.1) is 11.1 Å². The second-order valence-corrected chi connectivity index (χ2v) is 9.46. The van der Waals surface area contributed by atoms with Gasteiger partial charge in [0.25, 0.3) is 0 Å². The summed E-state index contributed by atoms with van der Waals surface area (Å²) in [5.74, 6) is -0.135. The van der Waals surface area contributed by atoms with Gasteiger partial charge >= 0.3 is 0 Å². The topological polar surface area (TPSA) is 84.3 Å². The van der Waals surface area contributed by atoms with Gasteiger partial charge in [-0.2, -0.15) is 5.10 Å². The fraction of sp³-hybridized carbons (Fsp3) is 0.474. The number of amides is 1. The lowest BCUT2D eigenvalue weighted by Crippen LogP contribution is -2.31. The standard InChI is InChI=1S/C19H28N4O3S/c1-19(2,3)16-6-8-17(9-7-16)27(25,26)21-11-10-18(24)22(4)13-15-12-20-23(5)14-15/h6-9,12,14,21H,10-11,13H2,1-5H3. The third-order valence-electron chi connectivity index (χ3n) is 4.27. The number of hydrogen-bond acceptors (Lipinski definition) is 4. The van der Waals surface area contributed by atoms with E-state index in [1.807, 2.05) is 25.4 Å². The van der Waals surface area contributed by atoms with E-state index in [0.29, 0.717) is 6.54 Å². The number of hydrogen-bond donors (Lipinski definition) is 1. The summed E-state index contributed by atoms with van der Waals surface area (Å²) in [4.78, 5) is 14.0. The molecular formula is C19H28N4O3S. The van der Waals surface area contributed by atoms with Crippen molar-refractivity contribution in [2.24, 2.45) is 7.05 Å². The molecule has 0 saturated heterocycles. The molecule has 27 heavy (non-hydrogen) atoms. The molecule has 0 unspecified atom stereocenters. The van der Waals surface area contributed by atoms with E-state index in [2.05, 4.69) is 30.6 Å². The second-order valence-electron chi connectivity index (χ2n) is 7.69. The summed E-state index contributed by atoms with van der Waals surface area (Å²) in [6.07, 6.45) is 3.64. The lowest BCUT2D eigenvalue weighted by molar-refractivity contribution is -0.130. The molecule has 1 amide bonds. The normalized spacial score (nSPS) is 12.2. The quantitative estimate of drug-likeness (QED) is 0.782. The van der Waals surface area contributed by atoms with Gasteiger partial charge in [0, 0.05) is 45.4 Å². The van der Waals surface area contributed by atoms with Crippen LogP contribution in [0.2, 0.25) is 0 Å². The van der Waals surface area contributed by atoms with Crippen molar-refractivity contribution in [1.29, 1.82) is 0 Å². The summed E-state index contributed by atoms with van der Waals surface area (Å²) in [5.41, 5.74) is 1.95. The summed E-state index contributed by atoms with van der Waals surface area (Å²) >= 11 is 0. The number of carbonyl (C=O) groups excluding carboxylic acids is 1. The van der Waals surface area contributed by atoms with E-state index < -0.39 is 10.0 Å². The molecular weight excluding hydrogens is 364 g/mol. The van der Waals surface area contributed by atoms with Crippen LogP contribution in [0.15, 0.2) is 41.6 Å². The molecule has 1 aromatic heterocycles. The van der Waals surface area contributed by atoms with Crippen LogP contribution in [0, 0.1) is 0 Å². The zero-order valence-electron chi connectivity index (χ0n) is 16.6. The van der Waals surface area contributed by atoms with E-state index >= 15 is 0 Å². The predicted octanol–water partition coefficient (Wildman–Crippen LogP) is 2.04. The molecule has 0 fully saturated rings. The van der Waals surface area contributed by atoms with E-state index in [9.17, 15) is 13.2 Å². The molecule has 2 rings (SSSR count). The second kappa shape index (κ2) is 8.22. The van der Waals surface area contributed by atoms with Gasteiger partial charge < -0.3 is 4.90 Å². The van der Waals surface area contributed by atoms with Crippen LogP contribution in [0.1, 0.15) is 38.3 Å². The van der Waals surface area contributed by atoms with Gasteiger partial charge in [0.2, 0.25) is 15.9 Å². The van der Waals surface area contributed by atoms with Crippen LogP contribution in [0.4, 0.5) is 0 Å². The van der Waals surface area contributed by atoms with Gasteiger partial charge in [0.1, 0.15) is 0 Å². The molecule has 2 aromatic rings. The zero-order valence-corrected chi connectivity index (χ0v) is 17.4. The summed E-state index contributed by atoms with van der Waals surface area (Å²) in [6, 6.07) is 6.83. The van der Waals surface area contributed by atoms with Gasteiger partial charge in [-0.25, -0.2) is 13.1 Å². The predicted molar refractivity (Wildman–Crippen MR) is 105 cm³/mol.